The molecule has 152 valence electrons. The van der Waals surface area contributed by atoms with E-state index in [1.807, 2.05) is 31.2 Å². The zero-order valence-corrected chi connectivity index (χ0v) is 17.9. The van der Waals surface area contributed by atoms with Crippen molar-refractivity contribution in [1.82, 2.24) is 0 Å². The average molecular weight is 453 g/mol. The molecule has 29 heavy (non-hydrogen) atoms. The molecule has 2 aromatic carbocycles. The van der Waals surface area contributed by atoms with Crippen LogP contribution in [0.4, 0.5) is 10.1 Å². The normalized spacial score (nSPS) is 24.1. The van der Waals surface area contributed by atoms with E-state index in [9.17, 15) is 17.6 Å². The predicted molar refractivity (Wildman–Crippen MR) is 115 cm³/mol. The van der Waals surface area contributed by atoms with E-state index in [-0.39, 0.29) is 40.1 Å². The van der Waals surface area contributed by atoms with E-state index < -0.39 is 15.7 Å². The molecular weight excluding hydrogens is 435 g/mol. The molecule has 0 unspecified atom stereocenters. The molecule has 2 aromatic rings. The molecule has 0 saturated carbocycles. The van der Waals surface area contributed by atoms with Crippen LogP contribution in [-0.2, 0) is 21.1 Å². The standard InChI is InChI=1S/C20H18ClFN2O3S2/c1-12-2-4-13(5-3-12)8-19(25)23-20-24(14-6-7-16(22)15(21)9-14)17-10-29(26,27)11-18(17)28-20/h2-7,9,17-18H,8,10-11H2,1H3/t17-,18+/m0/s1. The van der Waals surface area contributed by atoms with Gasteiger partial charge in [0.1, 0.15) is 5.82 Å². The molecule has 9 heteroatoms. The summed E-state index contributed by atoms with van der Waals surface area (Å²) in [6.45, 7) is 1.97. The van der Waals surface area contributed by atoms with Gasteiger partial charge in [-0.1, -0.05) is 53.2 Å². The number of amides is 1. The zero-order chi connectivity index (χ0) is 20.8. The Morgan fingerprint density at radius 3 is 2.66 bits per heavy atom. The maximum atomic E-state index is 13.6. The van der Waals surface area contributed by atoms with E-state index in [4.69, 9.17) is 11.6 Å². The highest BCUT2D eigenvalue weighted by Gasteiger charge is 2.49. The van der Waals surface area contributed by atoms with Crippen LogP contribution >= 0.6 is 23.4 Å². The van der Waals surface area contributed by atoms with Gasteiger partial charge in [-0.25, -0.2) is 12.8 Å². The topological polar surface area (TPSA) is 66.8 Å². The van der Waals surface area contributed by atoms with Crippen molar-refractivity contribution in [3.05, 3.63) is 64.4 Å². The Labute approximate surface area is 177 Å². The molecule has 0 spiro atoms. The van der Waals surface area contributed by atoms with Crippen LogP contribution in [0.2, 0.25) is 5.02 Å². The van der Waals surface area contributed by atoms with Crippen LogP contribution in [-0.4, -0.2) is 42.3 Å². The van der Waals surface area contributed by atoms with Gasteiger partial charge in [0.15, 0.2) is 15.0 Å². The predicted octanol–water partition coefficient (Wildman–Crippen LogP) is 3.63. The number of rotatable bonds is 3. The Kier molecular flexibility index (Phi) is 5.44. The number of thioether (sulfide) groups is 1. The van der Waals surface area contributed by atoms with Crippen molar-refractivity contribution in [1.29, 1.82) is 0 Å². The zero-order valence-electron chi connectivity index (χ0n) is 15.5. The van der Waals surface area contributed by atoms with E-state index in [0.717, 1.165) is 11.1 Å². The molecule has 2 aliphatic rings. The molecule has 2 heterocycles. The van der Waals surface area contributed by atoms with Crippen molar-refractivity contribution >= 4 is 50.0 Å². The van der Waals surface area contributed by atoms with Gasteiger partial charge in [-0.3, -0.25) is 4.79 Å². The summed E-state index contributed by atoms with van der Waals surface area (Å²) in [6, 6.07) is 11.5. The minimum atomic E-state index is -3.18. The third kappa shape index (κ3) is 4.34. The summed E-state index contributed by atoms with van der Waals surface area (Å²) in [5, 5.41) is 0.131. The van der Waals surface area contributed by atoms with Crippen LogP contribution in [0.1, 0.15) is 11.1 Å². The van der Waals surface area contributed by atoms with Crippen LogP contribution in [0.3, 0.4) is 0 Å². The number of carbonyl (C=O) groups is 1. The number of halogens is 2. The van der Waals surface area contributed by atoms with Crippen LogP contribution in [0.5, 0.6) is 0 Å². The summed E-state index contributed by atoms with van der Waals surface area (Å²) < 4.78 is 37.8. The number of carbonyl (C=O) groups excluding carboxylic acids is 1. The highest BCUT2D eigenvalue weighted by atomic mass is 35.5. The molecule has 0 radical (unpaired) electrons. The quantitative estimate of drug-likeness (QED) is 0.711. The fourth-order valence-electron chi connectivity index (χ4n) is 3.53. The first kappa shape index (κ1) is 20.4. The Balaban J connectivity index is 1.65. The number of hydrogen-bond acceptors (Lipinski definition) is 4. The van der Waals surface area contributed by atoms with Gasteiger partial charge in [0.25, 0.3) is 5.91 Å². The van der Waals surface area contributed by atoms with Gasteiger partial charge in [-0.05, 0) is 30.7 Å². The van der Waals surface area contributed by atoms with Crippen molar-refractivity contribution in [2.45, 2.75) is 24.6 Å². The Hall–Kier alpha value is -1.90. The minimum Gasteiger partial charge on any atom is -0.316 e. The molecule has 1 amide bonds. The molecule has 2 fully saturated rings. The summed E-state index contributed by atoms with van der Waals surface area (Å²) in [4.78, 5) is 18.5. The molecule has 0 bridgehead atoms. The number of benzene rings is 2. The van der Waals surface area contributed by atoms with Gasteiger partial charge < -0.3 is 4.90 Å². The van der Waals surface area contributed by atoms with Gasteiger partial charge in [-0.15, -0.1) is 0 Å². The summed E-state index contributed by atoms with van der Waals surface area (Å²) >= 11 is 7.21. The molecule has 0 N–H and O–H groups in total. The molecule has 4 rings (SSSR count). The molecule has 2 aliphatic heterocycles. The third-order valence-corrected chi connectivity index (χ3v) is 8.44. The number of hydrogen-bond donors (Lipinski definition) is 0. The van der Waals surface area contributed by atoms with Crippen LogP contribution in [0.15, 0.2) is 47.5 Å². The highest BCUT2D eigenvalue weighted by Crippen LogP contribution is 2.41. The number of anilines is 1. The first-order valence-corrected chi connectivity index (χ1v) is 12.1. The van der Waals surface area contributed by atoms with Gasteiger partial charge >= 0.3 is 0 Å². The molecule has 0 aliphatic carbocycles. The SMILES string of the molecule is Cc1ccc(CC(=O)N=C2S[C@@H]3CS(=O)(=O)C[C@@H]3N2c2ccc(F)c(Cl)c2)cc1. The van der Waals surface area contributed by atoms with E-state index in [1.165, 1.54) is 30.0 Å². The fourth-order valence-corrected chi connectivity index (χ4v) is 7.63. The monoisotopic (exact) mass is 452 g/mol. The van der Waals surface area contributed by atoms with E-state index in [2.05, 4.69) is 4.99 Å². The maximum Gasteiger partial charge on any atom is 0.252 e. The van der Waals surface area contributed by atoms with Crippen molar-refractivity contribution < 1.29 is 17.6 Å². The second-order valence-electron chi connectivity index (χ2n) is 7.22. The van der Waals surface area contributed by atoms with E-state index in [1.54, 1.807) is 4.90 Å². The summed E-state index contributed by atoms with van der Waals surface area (Å²) in [6.07, 6.45) is 0.149. The maximum absolute atomic E-state index is 13.6. The number of fused-ring (bicyclic) bond motifs is 1. The number of nitrogens with zero attached hydrogens (tertiary/aromatic N) is 2. The first-order valence-electron chi connectivity index (χ1n) is 9.00. The smallest absolute Gasteiger partial charge is 0.252 e. The summed E-state index contributed by atoms with van der Waals surface area (Å²) in [5.41, 5.74) is 2.48. The second kappa shape index (κ2) is 7.74. The fraction of sp³-hybridized carbons (Fsp3) is 0.300. The number of aliphatic imine (C=N–C) groups is 1. The molecule has 5 nitrogen and oxygen atoms in total. The number of aryl methyl sites for hydroxylation is 1. The molecule has 2 saturated heterocycles. The summed E-state index contributed by atoms with van der Waals surface area (Å²) in [7, 11) is -3.18. The van der Waals surface area contributed by atoms with E-state index in [0.29, 0.717) is 10.9 Å². The number of amidine groups is 1. The molecule has 0 aromatic heterocycles. The average Bonchev–Trinajstić information content (AvgIpc) is 3.10. The Morgan fingerprint density at radius 2 is 1.97 bits per heavy atom. The van der Waals surface area contributed by atoms with Crippen LogP contribution in [0.25, 0.3) is 0 Å². The third-order valence-electron chi connectivity index (χ3n) is 4.94. The minimum absolute atomic E-state index is 0.0267. The first-order chi connectivity index (χ1) is 13.7. The van der Waals surface area contributed by atoms with Crippen molar-refractivity contribution in [3.63, 3.8) is 0 Å². The van der Waals surface area contributed by atoms with Gasteiger partial charge in [-0.2, -0.15) is 4.99 Å². The lowest BCUT2D eigenvalue weighted by atomic mass is 10.1. The second-order valence-corrected chi connectivity index (χ2v) is 11.0. The summed E-state index contributed by atoms with van der Waals surface area (Å²) in [5.74, 6) is -0.895. The number of sulfone groups is 1. The van der Waals surface area contributed by atoms with Crippen molar-refractivity contribution in [2.24, 2.45) is 4.99 Å². The van der Waals surface area contributed by atoms with Crippen molar-refractivity contribution in [2.75, 3.05) is 16.4 Å². The lowest BCUT2D eigenvalue weighted by Crippen LogP contribution is -2.37. The largest absolute Gasteiger partial charge is 0.316 e. The molecule has 2 atom stereocenters. The van der Waals surface area contributed by atoms with Gasteiger partial charge in [0.05, 0.1) is 29.0 Å². The van der Waals surface area contributed by atoms with E-state index >= 15 is 0 Å². The van der Waals surface area contributed by atoms with Crippen LogP contribution in [0, 0.1) is 12.7 Å². The molecular formula is C20H18ClFN2O3S2. The Morgan fingerprint density at radius 1 is 1.24 bits per heavy atom. The van der Waals surface area contributed by atoms with Crippen LogP contribution < -0.4 is 4.90 Å². The van der Waals surface area contributed by atoms with Gasteiger partial charge in [0, 0.05) is 10.9 Å². The van der Waals surface area contributed by atoms with Crippen molar-refractivity contribution in [3.8, 4) is 0 Å². The lowest BCUT2D eigenvalue weighted by molar-refractivity contribution is -0.117. The highest BCUT2D eigenvalue weighted by molar-refractivity contribution is 8.16. The Bertz CT molecular complexity index is 1100. The van der Waals surface area contributed by atoms with Gasteiger partial charge in [0.2, 0.25) is 0 Å². The lowest BCUT2D eigenvalue weighted by Gasteiger charge is -2.24.